The minimum absolute atomic E-state index is 0.0105. The maximum atomic E-state index is 11.4. The van der Waals surface area contributed by atoms with E-state index in [1.807, 2.05) is 11.9 Å². The van der Waals surface area contributed by atoms with Gasteiger partial charge in [-0.3, -0.25) is 15.0 Å². The van der Waals surface area contributed by atoms with Gasteiger partial charge in [0.1, 0.15) is 5.69 Å². The second-order valence-corrected chi connectivity index (χ2v) is 5.22. The molecule has 0 amide bonds. The molecule has 1 aliphatic heterocycles. The number of carboxylic acid groups (broad SMARTS) is 1. The Morgan fingerprint density at radius 1 is 1.48 bits per heavy atom. The summed E-state index contributed by atoms with van der Waals surface area (Å²) in [6, 6.07) is 4.46. The molecule has 1 heterocycles. The second kappa shape index (κ2) is 6.09. The Hall–Kier alpha value is -2.15. The van der Waals surface area contributed by atoms with Crippen LogP contribution < -0.4 is 4.90 Å². The molecule has 1 aromatic rings. The summed E-state index contributed by atoms with van der Waals surface area (Å²) in [5.74, 6) is -1.14. The van der Waals surface area contributed by atoms with Crippen LogP contribution in [0.25, 0.3) is 0 Å². The first-order valence-corrected chi connectivity index (χ1v) is 6.91. The van der Waals surface area contributed by atoms with Crippen LogP contribution >= 0.6 is 0 Å². The quantitative estimate of drug-likeness (QED) is 0.673. The predicted octanol–water partition coefficient (Wildman–Crippen LogP) is 1.82. The zero-order chi connectivity index (χ0) is 15.6. The fraction of sp³-hybridized carbons (Fsp3) is 0.500. The molecule has 114 valence electrons. The predicted molar refractivity (Wildman–Crippen MR) is 79.0 cm³/mol. The van der Waals surface area contributed by atoms with Gasteiger partial charge in [-0.25, -0.2) is 4.79 Å². The van der Waals surface area contributed by atoms with Crippen molar-refractivity contribution in [2.24, 2.45) is 0 Å². The molecule has 0 aliphatic carbocycles. The number of para-hydroxylation sites is 1. The van der Waals surface area contributed by atoms with Crippen molar-refractivity contribution in [1.29, 1.82) is 0 Å². The standard InChI is InChI=1S/C14H19N3O4/c1-3-10-9-16(8-7-15(10)2)13-11(14(18)19)5-4-6-12(13)17(20)21/h4-6,10H,3,7-9H2,1-2H3,(H,18,19). The highest BCUT2D eigenvalue weighted by atomic mass is 16.6. The van der Waals surface area contributed by atoms with E-state index in [0.717, 1.165) is 13.0 Å². The Balaban J connectivity index is 2.46. The lowest BCUT2D eigenvalue weighted by Crippen LogP contribution is -2.51. The summed E-state index contributed by atoms with van der Waals surface area (Å²) in [6.45, 7) is 3.99. The van der Waals surface area contributed by atoms with Gasteiger partial charge in [0.15, 0.2) is 0 Å². The maximum absolute atomic E-state index is 11.4. The highest BCUT2D eigenvalue weighted by Crippen LogP contribution is 2.33. The Labute approximate surface area is 122 Å². The topological polar surface area (TPSA) is 86.9 Å². The number of nitro benzene ring substituents is 1. The van der Waals surface area contributed by atoms with Crippen molar-refractivity contribution in [3.63, 3.8) is 0 Å². The first-order valence-electron chi connectivity index (χ1n) is 6.91. The molecule has 0 saturated carbocycles. The van der Waals surface area contributed by atoms with Gasteiger partial charge in [0, 0.05) is 31.7 Å². The summed E-state index contributed by atoms with van der Waals surface area (Å²) in [5.41, 5.74) is 0.0689. The van der Waals surface area contributed by atoms with Gasteiger partial charge in [-0.05, 0) is 19.5 Å². The van der Waals surface area contributed by atoms with Crippen molar-refractivity contribution in [1.82, 2.24) is 4.90 Å². The van der Waals surface area contributed by atoms with Gasteiger partial charge >= 0.3 is 5.97 Å². The average Bonchev–Trinajstić information content (AvgIpc) is 2.46. The third kappa shape index (κ3) is 2.97. The molecule has 1 fully saturated rings. The van der Waals surface area contributed by atoms with Crippen molar-refractivity contribution in [3.8, 4) is 0 Å². The van der Waals surface area contributed by atoms with Gasteiger partial charge < -0.3 is 10.0 Å². The number of benzene rings is 1. The zero-order valence-electron chi connectivity index (χ0n) is 12.2. The first-order chi connectivity index (χ1) is 9.95. The van der Waals surface area contributed by atoms with Crippen LogP contribution in [0, 0.1) is 10.1 Å². The lowest BCUT2D eigenvalue weighted by Gasteiger charge is -2.40. The zero-order valence-corrected chi connectivity index (χ0v) is 12.2. The Morgan fingerprint density at radius 3 is 2.76 bits per heavy atom. The molecule has 1 N–H and O–H groups in total. The third-order valence-corrected chi connectivity index (χ3v) is 4.01. The van der Waals surface area contributed by atoms with E-state index in [0.29, 0.717) is 13.1 Å². The molecule has 1 aliphatic rings. The third-order valence-electron chi connectivity index (χ3n) is 4.01. The highest BCUT2D eigenvalue weighted by Gasteiger charge is 2.31. The molecule has 0 spiro atoms. The number of rotatable bonds is 4. The Morgan fingerprint density at radius 2 is 2.19 bits per heavy atom. The van der Waals surface area contributed by atoms with Gasteiger partial charge in [-0.15, -0.1) is 0 Å². The van der Waals surface area contributed by atoms with Crippen LogP contribution in [-0.2, 0) is 0 Å². The van der Waals surface area contributed by atoms with E-state index < -0.39 is 10.9 Å². The molecular weight excluding hydrogens is 274 g/mol. The summed E-state index contributed by atoms with van der Waals surface area (Å²) in [6.07, 6.45) is 0.913. The maximum Gasteiger partial charge on any atom is 0.338 e. The number of nitro groups is 1. The average molecular weight is 293 g/mol. The summed E-state index contributed by atoms with van der Waals surface area (Å²) < 4.78 is 0. The van der Waals surface area contributed by atoms with E-state index in [1.165, 1.54) is 18.2 Å². The molecule has 1 unspecified atom stereocenters. The SMILES string of the molecule is CCC1CN(c2c(C(=O)O)cccc2[N+](=O)[O-])CCN1C. The van der Waals surface area contributed by atoms with Crippen LogP contribution in [-0.4, -0.2) is 53.6 Å². The van der Waals surface area contributed by atoms with Crippen molar-refractivity contribution in [3.05, 3.63) is 33.9 Å². The molecule has 2 rings (SSSR count). The number of anilines is 1. The van der Waals surface area contributed by atoms with Crippen LogP contribution in [0.2, 0.25) is 0 Å². The molecular formula is C14H19N3O4. The Bertz CT molecular complexity index is 529. The minimum atomic E-state index is -1.14. The van der Waals surface area contributed by atoms with Crippen molar-refractivity contribution < 1.29 is 14.8 Å². The Kier molecular flexibility index (Phi) is 4.42. The first kappa shape index (κ1) is 15.2. The van der Waals surface area contributed by atoms with E-state index in [2.05, 4.69) is 11.8 Å². The van der Waals surface area contributed by atoms with Crippen LogP contribution in [0.5, 0.6) is 0 Å². The molecule has 1 atom stereocenters. The molecule has 1 aromatic carbocycles. The number of nitrogens with zero attached hydrogens (tertiary/aromatic N) is 3. The number of hydrogen-bond donors (Lipinski definition) is 1. The fourth-order valence-electron chi connectivity index (χ4n) is 2.77. The van der Waals surface area contributed by atoms with Gasteiger partial charge in [0.2, 0.25) is 0 Å². The number of carbonyl (C=O) groups is 1. The molecule has 0 aromatic heterocycles. The summed E-state index contributed by atoms with van der Waals surface area (Å²) in [5, 5.41) is 20.5. The monoisotopic (exact) mass is 293 g/mol. The summed E-state index contributed by atoms with van der Waals surface area (Å²) >= 11 is 0. The van der Waals surface area contributed by atoms with E-state index in [9.17, 15) is 20.0 Å². The molecule has 21 heavy (non-hydrogen) atoms. The number of carboxylic acids is 1. The second-order valence-electron chi connectivity index (χ2n) is 5.22. The van der Waals surface area contributed by atoms with E-state index >= 15 is 0 Å². The van der Waals surface area contributed by atoms with E-state index in [-0.39, 0.29) is 23.0 Å². The lowest BCUT2D eigenvalue weighted by molar-refractivity contribution is -0.384. The number of piperazine rings is 1. The number of aromatic carboxylic acids is 1. The molecule has 7 nitrogen and oxygen atoms in total. The smallest absolute Gasteiger partial charge is 0.338 e. The van der Waals surface area contributed by atoms with Gasteiger partial charge in [0.25, 0.3) is 5.69 Å². The fourth-order valence-corrected chi connectivity index (χ4v) is 2.77. The minimum Gasteiger partial charge on any atom is -0.478 e. The highest BCUT2D eigenvalue weighted by molar-refractivity contribution is 5.97. The number of likely N-dealkylation sites (N-methyl/N-ethyl adjacent to an activating group) is 1. The molecule has 1 saturated heterocycles. The lowest BCUT2D eigenvalue weighted by atomic mass is 10.1. The summed E-state index contributed by atoms with van der Waals surface area (Å²) in [7, 11) is 2.02. The van der Waals surface area contributed by atoms with Gasteiger partial charge in [0.05, 0.1) is 10.5 Å². The van der Waals surface area contributed by atoms with Crippen LogP contribution in [0.4, 0.5) is 11.4 Å². The number of hydrogen-bond acceptors (Lipinski definition) is 5. The van der Waals surface area contributed by atoms with Crippen molar-refractivity contribution >= 4 is 17.3 Å². The van der Waals surface area contributed by atoms with Crippen LogP contribution in [0.15, 0.2) is 18.2 Å². The van der Waals surface area contributed by atoms with Crippen molar-refractivity contribution in [2.75, 3.05) is 31.6 Å². The van der Waals surface area contributed by atoms with Crippen molar-refractivity contribution in [2.45, 2.75) is 19.4 Å². The normalized spacial score (nSPS) is 19.5. The summed E-state index contributed by atoms with van der Waals surface area (Å²) in [4.78, 5) is 26.1. The van der Waals surface area contributed by atoms with Gasteiger partial charge in [-0.2, -0.15) is 0 Å². The molecule has 0 radical (unpaired) electrons. The molecule has 0 bridgehead atoms. The largest absolute Gasteiger partial charge is 0.478 e. The molecule has 7 heteroatoms. The van der Waals surface area contributed by atoms with E-state index in [1.54, 1.807) is 0 Å². The van der Waals surface area contributed by atoms with Crippen LogP contribution in [0.3, 0.4) is 0 Å². The van der Waals surface area contributed by atoms with E-state index in [4.69, 9.17) is 0 Å². The van der Waals surface area contributed by atoms with Gasteiger partial charge in [-0.1, -0.05) is 13.0 Å². The van der Waals surface area contributed by atoms with Crippen LogP contribution in [0.1, 0.15) is 23.7 Å².